The van der Waals surface area contributed by atoms with Gasteiger partial charge in [0.15, 0.2) is 11.6 Å². The lowest BCUT2D eigenvalue weighted by atomic mass is 9.93. The fourth-order valence-corrected chi connectivity index (χ4v) is 1.71. The highest BCUT2D eigenvalue weighted by molar-refractivity contribution is 5.56. The highest BCUT2D eigenvalue weighted by Gasteiger charge is 2.30. The van der Waals surface area contributed by atoms with Gasteiger partial charge in [0.05, 0.1) is 5.69 Å². The maximum Gasteiger partial charge on any atom is 0.182 e. The molecule has 0 aliphatic heterocycles. The normalized spacial score (nSPS) is 14.5. The molecular weight excluding hydrogens is 226 g/mol. The zero-order chi connectivity index (χ0) is 13.2. The molecule has 0 amide bonds. The molecule has 96 valence electrons. The minimum atomic E-state index is -0.885. The summed E-state index contributed by atoms with van der Waals surface area (Å²) >= 11 is 0. The van der Waals surface area contributed by atoms with E-state index >= 15 is 0 Å². The van der Waals surface area contributed by atoms with Crippen molar-refractivity contribution in [3.05, 3.63) is 29.3 Å². The summed E-state index contributed by atoms with van der Waals surface area (Å²) in [7, 11) is 4.79. The lowest BCUT2D eigenvalue weighted by Crippen LogP contribution is -2.35. The van der Waals surface area contributed by atoms with E-state index in [1.807, 2.05) is 0 Å². The lowest BCUT2D eigenvalue weighted by Gasteiger charge is -2.31. The van der Waals surface area contributed by atoms with Crippen LogP contribution in [0, 0.1) is 11.6 Å². The van der Waals surface area contributed by atoms with Crippen LogP contribution in [-0.4, -0.2) is 27.7 Å². The van der Waals surface area contributed by atoms with Gasteiger partial charge in [0.2, 0.25) is 0 Å². The Kier molecular flexibility index (Phi) is 4.06. The van der Waals surface area contributed by atoms with Crippen molar-refractivity contribution in [2.24, 2.45) is 5.73 Å². The van der Waals surface area contributed by atoms with E-state index in [0.29, 0.717) is 5.56 Å². The first-order valence-corrected chi connectivity index (χ1v) is 5.28. The minimum absolute atomic E-state index is 0.166. The highest BCUT2D eigenvalue weighted by atomic mass is 19.2. The van der Waals surface area contributed by atoms with Crippen LogP contribution < -0.4 is 10.6 Å². The lowest BCUT2D eigenvalue weighted by molar-refractivity contribution is 0.0102. The molecule has 0 spiro atoms. The predicted molar refractivity (Wildman–Crippen MR) is 64.1 cm³/mol. The summed E-state index contributed by atoms with van der Waals surface area (Å²) in [6, 6.07) is 2.59. The van der Waals surface area contributed by atoms with Gasteiger partial charge in [-0.15, -0.1) is 0 Å². The average Bonchev–Trinajstić information content (AvgIpc) is 2.30. The van der Waals surface area contributed by atoms with Crippen LogP contribution in [0.4, 0.5) is 14.5 Å². The van der Waals surface area contributed by atoms with Crippen LogP contribution in [0.25, 0.3) is 0 Å². The van der Waals surface area contributed by atoms with E-state index < -0.39 is 17.2 Å². The molecule has 0 heterocycles. The Labute approximate surface area is 100 Å². The number of hydrogen-bond donors (Lipinski definition) is 1. The van der Waals surface area contributed by atoms with Crippen molar-refractivity contribution in [3.8, 4) is 0 Å². The molecule has 1 aromatic carbocycles. The van der Waals surface area contributed by atoms with Gasteiger partial charge in [0, 0.05) is 33.3 Å². The van der Waals surface area contributed by atoms with Gasteiger partial charge in [-0.25, -0.2) is 8.78 Å². The minimum Gasteiger partial charge on any atom is -0.375 e. The van der Waals surface area contributed by atoms with Crippen molar-refractivity contribution in [2.75, 3.05) is 32.6 Å². The summed E-state index contributed by atoms with van der Waals surface area (Å²) in [6.45, 7) is 1.92. The van der Waals surface area contributed by atoms with Crippen LogP contribution in [0.1, 0.15) is 12.5 Å². The monoisotopic (exact) mass is 244 g/mol. The fourth-order valence-electron chi connectivity index (χ4n) is 1.71. The molecule has 17 heavy (non-hydrogen) atoms. The number of anilines is 1. The number of ether oxygens (including phenoxy) is 1. The third kappa shape index (κ3) is 2.40. The second-order valence-corrected chi connectivity index (χ2v) is 4.29. The van der Waals surface area contributed by atoms with E-state index in [2.05, 4.69) is 0 Å². The Morgan fingerprint density at radius 1 is 1.35 bits per heavy atom. The van der Waals surface area contributed by atoms with E-state index in [-0.39, 0.29) is 12.2 Å². The summed E-state index contributed by atoms with van der Waals surface area (Å²) in [5.41, 5.74) is 5.51. The number of rotatable bonds is 4. The van der Waals surface area contributed by atoms with Crippen molar-refractivity contribution in [3.63, 3.8) is 0 Å². The zero-order valence-electron chi connectivity index (χ0n) is 10.6. The molecule has 1 aromatic rings. The van der Waals surface area contributed by atoms with Gasteiger partial charge in [0.1, 0.15) is 5.60 Å². The predicted octanol–water partition coefficient (Wildman–Crippen LogP) is 1.85. The van der Waals surface area contributed by atoms with Gasteiger partial charge in [-0.2, -0.15) is 0 Å². The first kappa shape index (κ1) is 13.9. The van der Waals surface area contributed by atoms with Crippen molar-refractivity contribution in [1.29, 1.82) is 0 Å². The van der Waals surface area contributed by atoms with Crippen molar-refractivity contribution < 1.29 is 13.5 Å². The molecule has 0 fully saturated rings. The van der Waals surface area contributed by atoms with E-state index in [9.17, 15) is 8.78 Å². The van der Waals surface area contributed by atoms with E-state index in [0.717, 1.165) is 6.07 Å². The number of hydrogen-bond acceptors (Lipinski definition) is 3. The molecule has 1 rings (SSSR count). The number of methoxy groups -OCH3 is 1. The second-order valence-electron chi connectivity index (χ2n) is 4.29. The fraction of sp³-hybridized carbons (Fsp3) is 0.500. The molecule has 0 aromatic heterocycles. The van der Waals surface area contributed by atoms with E-state index in [1.54, 1.807) is 21.0 Å². The quantitative estimate of drug-likeness (QED) is 0.878. The molecule has 1 unspecified atom stereocenters. The Balaban J connectivity index is 3.48. The van der Waals surface area contributed by atoms with Crippen molar-refractivity contribution in [1.82, 2.24) is 0 Å². The molecule has 0 radical (unpaired) electrons. The molecular formula is C12H18F2N2O. The van der Waals surface area contributed by atoms with Crippen LogP contribution >= 0.6 is 0 Å². The molecule has 1 atom stereocenters. The first-order valence-electron chi connectivity index (χ1n) is 5.28. The molecule has 2 N–H and O–H groups in total. The van der Waals surface area contributed by atoms with Crippen molar-refractivity contribution >= 4 is 5.69 Å². The molecule has 5 heteroatoms. The maximum atomic E-state index is 13.8. The van der Waals surface area contributed by atoms with Crippen LogP contribution in [-0.2, 0) is 10.3 Å². The molecule has 0 saturated heterocycles. The van der Waals surface area contributed by atoms with Gasteiger partial charge in [-0.05, 0) is 13.0 Å². The SMILES string of the molecule is COC(C)(CN)c1ccc(F)c(F)c1N(C)C. The Morgan fingerprint density at radius 3 is 2.35 bits per heavy atom. The van der Waals surface area contributed by atoms with Crippen LogP contribution in [0.2, 0.25) is 0 Å². The van der Waals surface area contributed by atoms with Gasteiger partial charge in [-0.1, -0.05) is 6.07 Å². The van der Waals surface area contributed by atoms with Crippen LogP contribution in [0.15, 0.2) is 12.1 Å². The topological polar surface area (TPSA) is 38.5 Å². The third-order valence-electron chi connectivity index (χ3n) is 2.93. The van der Waals surface area contributed by atoms with E-state index in [4.69, 9.17) is 10.5 Å². The molecule has 0 aliphatic carbocycles. The van der Waals surface area contributed by atoms with Gasteiger partial charge >= 0.3 is 0 Å². The highest BCUT2D eigenvalue weighted by Crippen LogP contribution is 2.34. The Hall–Kier alpha value is -1.20. The zero-order valence-corrected chi connectivity index (χ0v) is 10.6. The largest absolute Gasteiger partial charge is 0.375 e. The summed E-state index contributed by atoms with van der Waals surface area (Å²) in [6.07, 6.45) is 0. The van der Waals surface area contributed by atoms with Gasteiger partial charge in [-0.3, -0.25) is 0 Å². The third-order valence-corrected chi connectivity index (χ3v) is 2.93. The molecule has 0 aliphatic rings. The standard InChI is InChI=1S/C12H18F2N2O/c1-12(7-15,17-4)8-5-6-9(13)10(14)11(8)16(2)3/h5-6H,7,15H2,1-4H3. The number of benzene rings is 1. The summed E-state index contributed by atoms with van der Waals surface area (Å²) in [5.74, 6) is -1.77. The summed E-state index contributed by atoms with van der Waals surface area (Å²) < 4.78 is 32.4. The average molecular weight is 244 g/mol. The molecule has 0 bridgehead atoms. The summed E-state index contributed by atoms with van der Waals surface area (Å²) in [5, 5.41) is 0. The van der Waals surface area contributed by atoms with Crippen molar-refractivity contribution in [2.45, 2.75) is 12.5 Å². The Bertz CT molecular complexity index is 404. The smallest absolute Gasteiger partial charge is 0.182 e. The van der Waals surface area contributed by atoms with Gasteiger partial charge < -0.3 is 15.4 Å². The molecule has 3 nitrogen and oxygen atoms in total. The number of halogens is 2. The first-order chi connectivity index (χ1) is 7.87. The number of nitrogens with two attached hydrogens (primary N) is 1. The second kappa shape index (κ2) is 4.98. The van der Waals surface area contributed by atoms with E-state index in [1.165, 1.54) is 18.1 Å². The van der Waals surface area contributed by atoms with Crippen LogP contribution in [0.3, 0.4) is 0 Å². The number of nitrogens with zero attached hydrogens (tertiary/aromatic N) is 1. The Morgan fingerprint density at radius 2 is 1.94 bits per heavy atom. The molecule has 0 saturated carbocycles. The van der Waals surface area contributed by atoms with Gasteiger partial charge in [0.25, 0.3) is 0 Å². The summed E-state index contributed by atoms with van der Waals surface area (Å²) in [4.78, 5) is 1.51. The maximum absolute atomic E-state index is 13.8. The van der Waals surface area contributed by atoms with Crippen LogP contribution in [0.5, 0.6) is 0 Å².